The predicted molar refractivity (Wildman–Crippen MR) is 139 cm³/mol. The largest absolute Gasteiger partial charge is 0.459 e. The van der Waals surface area contributed by atoms with E-state index in [-0.39, 0.29) is 40.4 Å². The van der Waals surface area contributed by atoms with Crippen molar-refractivity contribution in [2.45, 2.75) is 91.7 Å². The molecule has 3 heterocycles. The van der Waals surface area contributed by atoms with Crippen LogP contribution in [-0.4, -0.2) is 68.4 Å². The Kier molecular flexibility index (Phi) is 6.36. The number of hydrogen-bond acceptors (Lipinski definition) is 7. The number of Topliss-reactive ketones (excluding diaryl/α,β-unsaturated/α-hetero) is 1. The van der Waals surface area contributed by atoms with Crippen LogP contribution in [0.25, 0.3) is 0 Å². The fourth-order valence-corrected chi connectivity index (χ4v) is 9.95. The van der Waals surface area contributed by atoms with Gasteiger partial charge in [-0.3, -0.25) is 9.59 Å². The van der Waals surface area contributed by atoms with Crippen LogP contribution in [0.5, 0.6) is 0 Å². The number of hydrogen-bond donors (Lipinski definition) is 2. The van der Waals surface area contributed by atoms with Crippen molar-refractivity contribution < 1.29 is 34.0 Å². The fraction of sp³-hybridized carbons (Fsp3) is 0.704. The quantitative estimate of drug-likeness (QED) is 0.387. The number of rotatable bonds is 4. The Labute approximate surface area is 234 Å². The molecule has 6 rings (SSSR count). The average molecular weight is 618 g/mol. The lowest BCUT2D eigenvalue weighted by Crippen LogP contribution is -2.66. The van der Waals surface area contributed by atoms with E-state index in [1.807, 2.05) is 26.0 Å². The van der Waals surface area contributed by atoms with Crippen molar-refractivity contribution in [3.63, 3.8) is 0 Å². The van der Waals surface area contributed by atoms with Crippen molar-refractivity contribution in [3.8, 4) is 0 Å². The minimum absolute atomic E-state index is 0.0128. The van der Waals surface area contributed by atoms with Crippen LogP contribution >= 0.6 is 39.1 Å². The molecule has 1 spiro atoms. The zero-order valence-corrected chi connectivity index (χ0v) is 23.9. The molecule has 0 radical (unpaired) electrons. The third-order valence-electron chi connectivity index (χ3n) is 9.83. The molecular weight excluding hydrogens is 587 g/mol. The number of esters is 1. The molecule has 1 aromatic rings. The van der Waals surface area contributed by atoms with Crippen LogP contribution in [0.2, 0.25) is 0 Å². The number of fused-ring (bicyclic) bond motifs is 5. The summed E-state index contributed by atoms with van der Waals surface area (Å²) in [6.07, 6.45) is -1.53. The molecule has 202 valence electrons. The van der Waals surface area contributed by atoms with Crippen LogP contribution in [0, 0.1) is 24.2 Å². The van der Waals surface area contributed by atoms with E-state index < -0.39 is 40.3 Å². The number of halogens is 3. The average Bonchev–Trinajstić information content (AvgIpc) is 3.41. The molecule has 5 aliphatic rings. The third kappa shape index (κ3) is 3.45. The van der Waals surface area contributed by atoms with Gasteiger partial charge in [-0.25, -0.2) is 0 Å². The molecule has 1 aromatic carbocycles. The number of aliphatic hydroxyl groups is 2. The Balaban J connectivity index is 1.41. The van der Waals surface area contributed by atoms with Gasteiger partial charge in [0.05, 0.1) is 18.6 Å². The maximum Gasteiger partial charge on any atom is 0.309 e. The van der Waals surface area contributed by atoms with Gasteiger partial charge in [0, 0.05) is 27.6 Å². The molecule has 0 amide bonds. The molecule has 2 N–H and O–H groups in total. The topological polar surface area (TPSA) is 102 Å². The molecule has 0 aromatic heterocycles. The van der Waals surface area contributed by atoms with Crippen LogP contribution < -0.4 is 0 Å². The zero-order valence-electron chi connectivity index (χ0n) is 20.8. The summed E-state index contributed by atoms with van der Waals surface area (Å²) >= 11 is 16.6. The van der Waals surface area contributed by atoms with Gasteiger partial charge in [-0.2, -0.15) is 0 Å². The molecule has 10 heteroatoms. The number of carbonyl (C=O) groups is 2. The molecular formula is C27H31BrCl2O7. The second-order valence-corrected chi connectivity index (χ2v) is 14.0. The number of benzene rings is 1. The van der Waals surface area contributed by atoms with Crippen molar-refractivity contribution in [2.75, 3.05) is 6.61 Å². The van der Waals surface area contributed by atoms with Crippen molar-refractivity contribution >= 4 is 50.9 Å². The van der Waals surface area contributed by atoms with Crippen LogP contribution in [0.1, 0.15) is 72.0 Å². The number of ether oxygens (including phenoxy) is 3. The van der Waals surface area contributed by atoms with E-state index in [2.05, 4.69) is 15.9 Å². The fourth-order valence-electron chi connectivity index (χ4n) is 8.12. The zero-order chi connectivity index (χ0) is 26.6. The smallest absolute Gasteiger partial charge is 0.309 e. The van der Waals surface area contributed by atoms with Crippen LogP contribution in [-0.2, 0) is 19.0 Å². The maximum absolute atomic E-state index is 14.3. The lowest BCUT2D eigenvalue weighted by atomic mass is 9.54. The first kappa shape index (κ1) is 26.5. The monoisotopic (exact) mass is 616 g/mol. The van der Waals surface area contributed by atoms with Gasteiger partial charge in [0.25, 0.3) is 0 Å². The van der Waals surface area contributed by atoms with Gasteiger partial charge in [0.1, 0.15) is 22.6 Å². The SMILES string of the molecule is Cc1c([C@@H](C(Cl)Cl)[C@H](O)[C@H]2C[C@@H](C)C(=O)O2)ccc2c1C(=O)[C@H]1[C@H]2C[C@H](Br)[C@@]23O[C@H](CO[C@H]2O)C[C@]13C. The third-order valence-corrected chi connectivity index (χ3v) is 11.4. The lowest BCUT2D eigenvalue weighted by Gasteiger charge is -2.55. The summed E-state index contributed by atoms with van der Waals surface area (Å²) in [5.41, 5.74) is 1.34. The summed E-state index contributed by atoms with van der Waals surface area (Å²) < 4.78 is 17.5. The van der Waals surface area contributed by atoms with Crippen molar-refractivity contribution in [3.05, 3.63) is 34.4 Å². The van der Waals surface area contributed by atoms with E-state index in [4.69, 9.17) is 37.4 Å². The molecule has 2 aliphatic carbocycles. The molecule has 37 heavy (non-hydrogen) atoms. The highest BCUT2D eigenvalue weighted by Gasteiger charge is 2.74. The Morgan fingerprint density at radius 3 is 2.59 bits per heavy atom. The first-order chi connectivity index (χ1) is 17.4. The predicted octanol–water partition coefficient (Wildman–Crippen LogP) is 4.14. The van der Waals surface area contributed by atoms with E-state index in [9.17, 15) is 19.8 Å². The number of carbonyl (C=O) groups excluding carboxylic acids is 2. The minimum Gasteiger partial charge on any atom is -0.459 e. The minimum atomic E-state index is -1.13. The van der Waals surface area contributed by atoms with Crippen molar-refractivity contribution in [1.29, 1.82) is 0 Å². The van der Waals surface area contributed by atoms with E-state index in [0.29, 0.717) is 37.0 Å². The summed E-state index contributed by atoms with van der Waals surface area (Å²) in [4.78, 5) is 25.1. The first-order valence-electron chi connectivity index (χ1n) is 12.9. The van der Waals surface area contributed by atoms with E-state index in [1.54, 1.807) is 6.92 Å². The number of cyclic esters (lactones) is 1. The summed E-state index contributed by atoms with van der Waals surface area (Å²) in [7, 11) is 0. The standard InChI is InChI=1S/C27H31BrCl2O7/c1-10-6-16(36-24(10)33)21(31)19(23(29)30)13-4-5-14-15-7-17(28)27-25(34)35-9-12(37-27)8-26(27,3)20(15)22(32)18(14)11(13)2/h4-5,10,12,15-17,19-21,23,25,31,34H,6-9H2,1-3H3/t10-,12+,15+,16-,17+,19-,20-,21-,25-,26-,27-/m1/s1. The highest BCUT2D eigenvalue weighted by Crippen LogP contribution is 2.68. The van der Waals surface area contributed by atoms with Gasteiger partial charge >= 0.3 is 5.97 Å². The molecule has 7 nitrogen and oxygen atoms in total. The van der Waals surface area contributed by atoms with Gasteiger partial charge in [0.2, 0.25) is 0 Å². The molecule has 1 saturated carbocycles. The number of alkyl halides is 3. The van der Waals surface area contributed by atoms with Crippen LogP contribution in [0.3, 0.4) is 0 Å². The first-order valence-corrected chi connectivity index (χ1v) is 14.7. The van der Waals surface area contributed by atoms with Gasteiger partial charge < -0.3 is 24.4 Å². The second-order valence-electron chi connectivity index (χ2n) is 11.7. The number of ketones is 1. The van der Waals surface area contributed by atoms with Gasteiger partial charge in [-0.1, -0.05) is 41.9 Å². The number of aliphatic hydroxyl groups excluding tert-OH is 2. The highest BCUT2D eigenvalue weighted by atomic mass is 79.9. The van der Waals surface area contributed by atoms with Crippen molar-refractivity contribution in [2.24, 2.45) is 17.3 Å². The summed E-state index contributed by atoms with van der Waals surface area (Å²) in [5.74, 6) is -1.83. The molecule has 3 aliphatic heterocycles. The molecule has 2 bridgehead atoms. The highest BCUT2D eigenvalue weighted by molar-refractivity contribution is 9.09. The molecule has 4 fully saturated rings. The van der Waals surface area contributed by atoms with Crippen LogP contribution in [0.15, 0.2) is 12.1 Å². The molecule has 0 unspecified atom stereocenters. The Morgan fingerprint density at radius 2 is 1.95 bits per heavy atom. The lowest BCUT2D eigenvalue weighted by molar-refractivity contribution is -0.303. The Morgan fingerprint density at radius 1 is 1.22 bits per heavy atom. The summed E-state index contributed by atoms with van der Waals surface area (Å²) in [6, 6.07) is 3.85. The summed E-state index contributed by atoms with van der Waals surface area (Å²) in [5, 5.41) is 22.2. The van der Waals surface area contributed by atoms with Crippen LogP contribution in [0.4, 0.5) is 0 Å². The van der Waals surface area contributed by atoms with E-state index in [0.717, 1.165) is 11.1 Å². The second kappa shape index (κ2) is 8.88. The Hall–Kier alpha value is -0.740. The van der Waals surface area contributed by atoms with Gasteiger partial charge in [-0.05, 0) is 48.8 Å². The van der Waals surface area contributed by atoms with Gasteiger partial charge in [-0.15, -0.1) is 23.2 Å². The molecule has 11 atom stereocenters. The summed E-state index contributed by atoms with van der Waals surface area (Å²) in [6.45, 7) is 5.98. The van der Waals surface area contributed by atoms with Crippen molar-refractivity contribution in [1.82, 2.24) is 0 Å². The Bertz CT molecular complexity index is 1160. The van der Waals surface area contributed by atoms with Gasteiger partial charge in [0.15, 0.2) is 12.1 Å². The maximum atomic E-state index is 14.3. The molecule has 3 saturated heterocycles. The van der Waals surface area contributed by atoms with E-state index in [1.165, 1.54) is 0 Å². The van der Waals surface area contributed by atoms with E-state index >= 15 is 0 Å². The normalized spacial score (nSPS) is 43.9.